The van der Waals surface area contributed by atoms with Crippen LogP contribution in [0.15, 0.2) is 0 Å². The number of hydrogen-bond acceptors (Lipinski definition) is 3. The summed E-state index contributed by atoms with van der Waals surface area (Å²) in [5, 5.41) is 0. The van der Waals surface area contributed by atoms with Crippen LogP contribution in [-0.4, -0.2) is 55.6 Å². The molecule has 0 aliphatic carbocycles. The van der Waals surface area contributed by atoms with Gasteiger partial charge in [-0.25, -0.2) is 4.79 Å². The summed E-state index contributed by atoms with van der Waals surface area (Å²) in [6.07, 6.45) is 5.01. The van der Waals surface area contributed by atoms with Crippen molar-refractivity contribution in [3.63, 3.8) is 0 Å². The zero-order chi connectivity index (χ0) is 12.7. The normalized spacial score (nSPS) is 21.3. The Hall–Kier alpha value is -1.26. The quantitative estimate of drug-likeness (QED) is 0.646. The van der Waals surface area contributed by atoms with Gasteiger partial charge < -0.3 is 14.5 Å². The first-order valence-corrected chi connectivity index (χ1v) is 6.23. The molecule has 0 saturated carbocycles. The summed E-state index contributed by atoms with van der Waals surface area (Å²) >= 11 is 0. The molecule has 2 saturated heterocycles. The van der Waals surface area contributed by atoms with Gasteiger partial charge in [-0.05, 0) is 19.3 Å². The van der Waals surface area contributed by atoms with Crippen molar-refractivity contribution in [2.75, 3.05) is 33.8 Å². The first kappa shape index (κ1) is 13.8. The van der Waals surface area contributed by atoms with Crippen molar-refractivity contribution in [1.29, 1.82) is 0 Å². The summed E-state index contributed by atoms with van der Waals surface area (Å²) in [6, 6.07) is 0. The minimum Gasteiger partial charge on any atom is -0.449 e. The molecule has 0 aromatic heterocycles. The molecule has 0 aromatic rings. The lowest BCUT2D eigenvalue weighted by molar-refractivity contribution is -0.129. The lowest BCUT2D eigenvalue weighted by Gasteiger charge is -2.21. The molecule has 0 bridgehead atoms. The molecule has 2 fully saturated rings. The van der Waals surface area contributed by atoms with Crippen molar-refractivity contribution >= 4 is 12.0 Å². The molecule has 0 spiro atoms. The number of hydrogen-bond donors (Lipinski definition) is 0. The molecule has 2 rings (SSSR count). The molecular formula is C12H22N2O3. The van der Waals surface area contributed by atoms with Crippen LogP contribution >= 0.6 is 0 Å². The van der Waals surface area contributed by atoms with Gasteiger partial charge in [-0.15, -0.1) is 0 Å². The molecule has 0 atom stereocenters. The fourth-order valence-electron chi connectivity index (χ4n) is 1.78. The molecule has 98 valence electrons. The van der Waals surface area contributed by atoms with Crippen LogP contribution in [0.25, 0.3) is 0 Å². The summed E-state index contributed by atoms with van der Waals surface area (Å²) < 4.78 is 4.68. The van der Waals surface area contributed by atoms with E-state index in [4.69, 9.17) is 0 Å². The predicted octanol–water partition coefficient (Wildman–Crippen LogP) is 1.48. The lowest BCUT2D eigenvalue weighted by Crippen LogP contribution is -2.33. The number of nitrogens with zero attached hydrogens (tertiary/aromatic N) is 2. The van der Waals surface area contributed by atoms with Crippen LogP contribution in [0, 0.1) is 0 Å². The number of carbonyl (C=O) groups excluding carboxylic acids is 2. The summed E-state index contributed by atoms with van der Waals surface area (Å²) in [5.41, 5.74) is 0. The van der Waals surface area contributed by atoms with Crippen LogP contribution in [0.5, 0.6) is 0 Å². The smallest absolute Gasteiger partial charge is 0.409 e. The van der Waals surface area contributed by atoms with Gasteiger partial charge in [-0.2, -0.15) is 0 Å². The van der Waals surface area contributed by atoms with E-state index in [0.29, 0.717) is 12.5 Å². The van der Waals surface area contributed by atoms with Gasteiger partial charge in [0.15, 0.2) is 0 Å². The average molecular weight is 242 g/mol. The van der Waals surface area contributed by atoms with E-state index in [0.717, 1.165) is 32.4 Å². The Morgan fingerprint density at radius 2 is 1.65 bits per heavy atom. The number of rotatable bonds is 0. The van der Waals surface area contributed by atoms with Crippen LogP contribution in [0.1, 0.15) is 32.1 Å². The summed E-state index contributed by atoms with van der Waals surface area (Å²) in [6.45, 7) is 2.38. The van der Waals surface area contributed by atoms with Crippen LogP contribution in [0.2, 0.25) is 0 Å². The maximum atomic E-state index is 10.9. The molecule has 5 nitrogen and oxygen atoms in total. The molecule has 17 heavy (non-hydrogen) atoms. The van der Waals surface area contributed by atoms with Gasteiger partial charge in [0.25, 0.3) is 0 Å². The van der Waals surface area contributed by atoms with E-state index in [1.54, 1.807) is 11.9 Å². The SMILES string of the molecule is CN1CCCCCC1=O.CN1CCCOC1=O. The Balaban J connectivity index is 0.000000171. The van der Waals surface area contributed by atoms with E-state index in [2.05, 4.69) is 4.74 Å². The Bertz CT molecular complexity index is 268. The second kappa shape index (κ2) is 7.14. The van der Waals surface area contributed by atoms with Gasteiger partial charge in [-0.1, -0.05) is 6.42 Å². The summed E-state index contributed by atoms with van der Waals surface area (Å²) in [4.78, 5) is 24.8. The predicted molar refractivity (Wildman–Crippen MR) is 64.7 cm³/mol. The van der Waals surface area contributed by atoms with E-state index >= 15 is 0 Å². The van der Waals surface area contributed by atoms with E-state index in [-0.39, 0.29) is 6.09 Å². The number of amides is 2. The standard InChI is InChI=1S/C7H13NO.C5H9NO2/c1-8-6-4-2-3-5-7(8)9;1-6-3-2-4-8-5(6)7/h2-6H2,1H3;2-4H2,1H3. The third kappa shape index (κ3) is 5.06. The summed E-state index contributed by atoms with van der Waals surface area (Å²) in [5.74, 6) is 0.313. The summed E-state index contributed by atoms with van der Waals surface area (Å²) in [7, 11) is 3.62. The van der Waals surface area contributed by atoms with Crippen molar-refractivity contribution in [2.24, 2.45) is 0 Å². The van der Waals surface area contributed by atoms with E-state index in [1.807, 2.05) is 11.9 Å². The molecule has 0 radical (unpaired) electrons. The lowest BCUT2D eigenvalue weighted by atomic mass is 10.2. The maximum Gasteiger partial charge on any atom is 0.409 e. The highest BCUT2D eigenvalue weighted by Gasteiger charge is 2.13. The Morgan fingerprint density at radius 1 is 0.941 bits per heavy atom. The molecule has 2 heterocycles. The van der Waals surface area contributed by atoms with Gasteiger partial charge in [0.2, 0.25) is 5.91 Å². The molecular weight excluding hydrogens is 220 g/mol. The van der Waals surface area contributed by atoms with Crippen molar-refractivity contribution < 1.29 is 14.3 Å². The van der Waals surface area contributed by atoms with E-state index in [1.165, 1.54) is 12.8 Å². The number of likely N-dealkylation sites (tertiary alicyclic amines) is 1. The number of ether oxygens (including phenoxy) is 1. The van der Waals surface area contributed by atoms with Gasteiger partial charge in [0, 0.05) is 33.6 Å². The van der Waals surface area contributed by atoms with Crippen molar-refractivity contribution in [2.45, 2.75) is 32.1 Å². The van der Waals surface area contributed by atoms with E-state index in [9.17, 15) is 9.59 Å². The van der Waals surface area contributed by atoms with Gasteiger partial charge in [-0.3, -0.25) is 4.79 Å². The molecule has 0 aromatic carbocycles. The Kier molecular flexibility index (Phi) is 5.80. The first-order valence-electron chi connectivity index (χ1n) is 6.23. The van der Waals surface area contributed by atoms with Crippen molar-refractivity contribution in [1.82, 2.24) is 9.80 Å². The van der Waals surface area contributed by atoms with Crippen molar-refractivity contribution in [3.05, 3.63) is 0 Å². The minimum atomic E-state index is -0.198. The maximum absolute atomic E-state index is 10.9. The fraction of sp³-hybridized carbons (Fsp3) is 0.833. The third-order valence-corrected chi connectivity index (χ3v) is 2.98. The molecule has 0 N–H and O–H groups in total. The van der Waals surface area contributed by atoms with Gasteiger partial charge in [0.1, 0.15) is 0 Å². The fourth-order valence-corrected chi connectivity index (χ4v) is 1.78. The van der Waals surface area contributed by atoms with Crippen LogP contribution in [0.3, 0.4) is 0 Å². The van der Waals surface area contributed by atoms with Crippen LogP contribution in [0.4, 0.5) is 4.79 Å². The largest absolute Gasteiger partial charge is 0.449 e. The zero-order valence-electron chi connectivity index (χ0n) is 10.8. The van der Waals surface area contributed by atoms with Gasteiger partial charge in [0.05, 0.1) is 6.61 Å². The topological polar surface area (TPSA) is 49.9 Å². The molecule has 5 heteroatoms. The second-order valence-electron chi connectivity index (χ2n) is 4.52. The average Bonchev–Trinajstić information content (AvgIpc) is 2.50. The minimum absolute atomic E-state index is 0.198. The van der Waals surface area contributed by atoms with Crippen LogP contribution < -0.4 is 0 Å². The number of carbonyl (C=O) groups is 2. The third-order valence-electron chi connectivity index (χ3n) is 2.98. The molecule has 2 aliphatic rings. The van der Waals surface area contributed by atoms with E-state index < -0.39 is 0 Å². The second-order valence-corrected chi connectivity index (χ2v) is 4.52. The highest BCUT2D eigenvalue weighted by atomic mass is 16.6. The van der Waals surface area contributed by atoms with Crippen LogP contribution in [-0.2, 0) is 9.53 Å². The Labute approximate surface area is 103 Å². The first-order chi connectivity index (χ1) is 8.11. The monoisotopic (exact) mass is 242 g/mol. The molecule has 0 unspecified atom stereocenters. The Morgan fingerprint density at radius 3 is 2.24 bits per heavy atom. The zero-order valence-corrected chi connectivity index (χ0v) is 10.8. The highest BCUT2D eigenvalue weighted by Crippen LogP contribution is 2.08. The van der Waals surface area contributed by atoms with Crippen molar-refractivity contribution in [3.8, 4) is 0 Å². The molecule has 2 aliphatic heterocycles. The highest BCUT2D eigenvalue weighted by molar-refractivity contribution is 5.75. The molecule has 2 amide bonds. The number of cyclic esters (lactones) is 1. The van der Waals surface area contributed by atoms with Gasteiger partial charge >= 0.3 is 6.09 Å².